The number of carboxylic acids is 1. The van der Waals surface area contributed by atoms with Gasteiger partial charge < -0.3 is 15.7 Å². The molecule has 7 heteroatoms. The number of amides is 2. The molecule has 0 fully saturated rings. The highest BCUT2D eigenvalue weighted by molar-refractivity contribution is 5.88. The van der Waals surface area contributed by atoms with Crippen LogP contribution < -0.4 is 10.6 Å². The number of anilines is 1. The Bertz CT molecular complexity index is 415. The van der Waals surface area contributed by atoms with Crippen molar-refractivity contribution in [3.8, 4) is 0 Å². The van der Waals surface area contributed by atoms with Gasteiger partial charge in [0.15, 0.2) is 0 Å². The van der Waals surface area contributed by atoms with E-state index in [-0.39, 0.29) is 17.9 Å². The molecule has 106 valence electrons. The number of aliphatic carboxylic acids is 1. The number of hydrogen-bond donors (Lipinski definition) is 4. The molecule has 0 unspecified atom stereocenters. The summed E-state index contributed by atoms with van der Waals surface area (Å²) in [5.41, 5.74) is 0.490. The van der Waals surface area contributed by atoms with Crippen LogP contribution in [0.25, 0.3) is 0 Å². The van der Waals surface area contributed by atoms with Crippen LogP contribution in [0.3, 0.4) is 0 Å². The number of urea groups is 1. The summed E-state index contributed by atoms with van der Waals surface area (Å²) in [5, 5.41) is 20.3. The van der Waals surface area contributed by atoms with Crippen LogP contribution in [0.15, 0.2) is 12.4 Å². The fourth-order valence-electron chi connectivity index (χ4n) is 1.58. The van der Waals surface area contributed by atoms with Gasteiger partial charge in [-0.1, -0.05) is 13.8 Å². The second-order valence-electron chi connectivity index (χ2n) is 5.18. The largest absolute Gasteiger partial charge is 0.481 e. The number of nitrogens with one attached hydrogen (secondary N) is 3. The van der Waals surface area contributed by atoms with Crippen molar-refractivity contribution >= 4 is 17.7 Å². The van der Waals surface area contributed by atoms with Gasteiger partial charge in [-0.2, -0.15) is 5.10 Å². The molecule has 0 aromatic carbocycles. The van der Waals surface area contributed by atoms with Crippen molar-refractivity contribution in [3.63, 3.8) is 0 Å². The zero-order chi connectivity index (χ0) is 14.3. The lowest BCUT2D eigenvalue weighted by atomic mass is 9.84. The van der Waals surface area contributed by atoms with Crippen molar-refractivity contribution in [2.24, 2.45) is 5.41 Å². The topological polar surface area (TPSA) is 107 Å². The summed E-state index contributed by atoms with van der Waals surface area (Å²) < 4.78 is 0. The van der Waals surface area contributed by atoms with E-state index in [9.17, 15) is 9.59 Å². The van der Waals surface area contributed by atoms with Gasteiger partial charge in [-0.05, 0) is 18.3 Å². The van der Waals surface area contributed by atoms with Crippen molar-refractivity contribution in [1.82, 2.24) is 15.5 Å². The zero-order valence-corrected chi connectivity index (χ0v) is 11.2. The Balaban J connectivity index is 2.21. The van der Waals surface area contributed by atoms with E-state index < -0.39 is 5.97 Å². The lowest BCUT2D eigenvalue weighted by Crippen LogP contribution is -2.32. The number of carbonyl (C=O) groups excluding carboxylic acids is 1. The summed E-state index contributed by atoms with van der Waals surface area (Å²) in [5.74, 6) is -0.793. The van der Waals surface area contributed by atoms with E-state index in [1.807, 2.05) is 13.8 Å². The van der Waals surface area contributed by atoms with Crippen LogP contribution in [0.4, 0.5) is 10.5 Å². The molecule has 4 N–H and O–H groups in total. The minimum absolute atomic E-state index is 0.110. The van der Waals surface area contributed by atoms with E-state index in [1.165, 1.54) is 6.20 Å². The van der Waals surface area contributed by atoms with Crippen molar-refractivity contribution in [1.29, 1.82) is 0 Å². The lowest BCUT2D eigenvalue weighted by molar-refractivity contribution is -0.137. The molecule has 0 aliphatic heterocycles. The zero-order valence-electron chi connectivity index (χ0n) is 11.2. The van der Waals surface area contributed by atoms with E-state index in [1.54, 1.807) is 6.20 Å². The molecule has 1 rings (SSSR count). The third-order valence-electron chi connectivity index (χ3n) is 2.86. The molecule has 0 aliphatic carbocycles. The summed E-state index contributed by atoms with van der Waals surface area (Å²) >= 11 is 0. The number of hydrogen-bond acceptors (Lipinski definition) is 3. The van der Waals surface area contributed by atoms with Crippen LogP contribution in [0, 0.1) is 5.41 Å². The van der Waals surface area contributed by atoms with E-state index >= 15 is 0 Å². The molecule has 0 saturated carbocycles. The third kappa shape index (κ3) is 6.44. The number of aromatic amines is 1. The smallest absolute Gasteiger partial charge is 0.319 e. The molecule has 1 heterocycles. The lowest BCUT2D eigenvalue weighted by Gasteiger charge is -2.23. The summed E-state index contributed by atoms with van der Waals surface area (Å²) in [6.45, 7) is 4.48. The van der Waals surface area contributed by atoms with E-state index in [2.05, 4.69) is 20.8 Å². The van der Waals surface area contributed by atoms with Gasteiger partial charge in [0, 0.05) is 19.2 Å². The standard InChI is InChI=1S/C12H20N4O3/c1-12(2,4-3-10(17)18)5-6-13-11(19)16-9-7-14-15-8-9/h7-8H,3-6H2,1-2H3,(H,14,15)(H,17,18)(H2,13,16,19). The number of rotatable bonds is 7. The molecule has 0 atom stereocenters. The highest BCUT2D eigenvalue weighted by atomic mass is 16.4. The van der Waals surface area contributed by atoms with Gasteiger partial charge in [-0.3, -0.25) is 9.89 Å². The molecule has 7 nitrogen and oxygen atoms in total. The quantitative estimate of drug-likeness (QED) is 0.605. The van der Waals surface area contributed by atoms with Crippen LogP contribution in [-0.4, -0.2) is 33.8 Å². The Morgan fingerprint density at radius 3 is 2.74 bits per heavy atom. The Hall–Kier alpha value is -2.05. The maximum Gasteiger partial charge on any atom is 0.319 e. The van der Waals surface area contributed by atoms with Gasteiger partial charge in [0.1, 0.15) is 0 Å². The van der Waals surface area contributed by atoms with Gasteiger partial charge >= 0.3 is 12.0 Å². The molecule has 1 aromatic heterocycles. The Morgan fingerprint density at radius 1 is 1.42 bits per heavy atom. The summed E-state index contributed by atoms with van der Waals surface area (Å²) in [7, 11) is 0. The molecule has 0 bridgehead atoms. The van der Waals surface area contributed by atoms with E-state index in [0.29, 0.717) is 18.7 Å². The Kier molecular flexibility index (Phi) is 5.35. The molecule has 0 aliphatic rings. The van der Waals surface area contributed by atoms with Crippen molar-refractivity contribution in [3.05, 3.63) is 12.4 Å². The highest BCUT2D eigenvalue weighted by Crippen LogP contribution is 2.25. The maximum atomic E-state index is 11.5. The SMILES string of the molecule is CC(C)(CCNC(=O)Nc1cn[nH]c1)CCC(=O)O. The van der Waals surface area contributed by atoms with Crippen molar-refractivity contribution < 1.29 is 14.7 Å². The Labute approximate surface area is 111 Å². The summed E-state index contributed by atoms with van der Waals surface area (Å²) in [6.07, 6.45) is 4.55. The molecule has 2 amide bonds. The van der Waals surface area contributed by atoms with Gasteiger partial charge in [0.05, 0.1) is 11.9 Å². The third-order valence-corrected chi connectivity index (χ3v) is 2.86. The number of carboxylic acid groups (broad SMARTS) is 1. The number of aromatic nitrogens is 2. The molecule has 0 spiro atoms. The van der Waals surface area contributed by atoms with Crippen LogP contribution >= 0.6 is 0 Å². The normalized spacial score (nSPS) is 11.1. The minimum atomic E-state index is -0.793. The average molecular weight is 268 g/mol. The maximum absolute atomic E-state index is 11.5. The number of nitrogens with zero attached hydrogens (tertiary/aromatic N) is 1. The van der Waals surface area contributed by atoms with Crippen LogP contribution in [-0.2, 0) is 4.79 Å². The first kappa shape index (κ1) is 15.0. The molecular weight excluding hydrogens is 248 g/mol. The highest BCUT2D eigenvalue weighted by Gasteiger charge is 2.19. The van der Waals surface area contributed by atoms with E-state index in [0.717, 1.165) is 6.42 Å². The molecule has 19 heavy (non-hydrogen) atoms. The predicted octanol–water partition coefficient (Wildman–Crippen LogP) is 1.81. The van der Waals surface area contributed by atoms with Gasteiger partial charge in [0.25, 0.3) is 0 Å². The predicted molar refractivity (Wildman–Crippen MR) is 70.9 cm³/mol. The molecule has 0 radical (unpaired) electrons. The fourth-order valence-corrected chi connectivity index (χ4v) is 1.58. The first-order valence-corrected chi connectivity index (χ1v) is 6.14. The second-order valence-corrected chi connectivity index (χ2v) is 5.18. The van der Waals surface area contributed by atoms with Crippen LogP contribution in [0.5, 0.6) is 0 Å². The van der Waals surface area contributed by atoms with E-state index in [4.69, 9.17) is 5.11 Å². The van der Waals surface area contributed by atoms with Gasteiger partial charge in [0.2, 0.25) is 0 Å². The number of H-pyrrole nitrogens is 1. The Morgan fingerprint density at radius 2 is 2.16 bits per heavy atom. The monoisotopic (exact) mass is 268 g/mol. The van der Waals surface area contributed by atoms with Gasteiger partial charge in [-0.15, -0.1) is 0 Å². The average Bonchev–Trinajstić information content (AvgIpc) is 2.79. The molecule has 0 saturated heterocycles. The first-order chi connectivity index (χ1) is 8.89. The van der Waals surface area contributed by atoms with Crippen molar-refractivity contribution in [2.75, 3.05) is 11.9 Å². The number of carbonyl (C=O) groups is 2. The van der Waals surface area contributed by atoms with Crippen molar-refractivity contribution in [2.45, 2.75) is 33.1 Å². The molecular formula is C12H20N4O3. The van der Waals surface area contributed by atoms with Gasteiger partial charge in [-0.25, -0.2) is 4.79 Å². The summed E-state index contributed by atoms with van der Waals surface area (Å²) in [4.78, 5) is 22.0. The molecule has 1 aromatic rings. The van der Waals surface area contributed by atoms with Crippen LogP contribution in [0.1, 0.15) is 33.1 Å². The fraction of sp³-hybridized carbons (Fsp3) is 0.583. The second kappa shape index (κ2) is 6.77. The summed E-state index contributed by atoms with van der Waals surface area (Å²) in [6, 6.07) is -0.296. The van der Waals surface area contributed by atoms with Crippen LogP contribution in [0.2, 0.25) is 0 Å². The first-order valence-electron chi connectivity index (χ1n) is 6.14. The minimum Gasteiger partial charge on any atom is -0.481 e.